The van der Waals surface area contributed by atoms with Crippen LogP contribution in [0.4, 0.5) is 17.1 Å². The normalized spacial score (nSPS) is 10.4. The first-order chi connectivity index (χ1) is 13.8. The SMILES string of the molecule is Cc1ccccc1C(=O)Nc1cccc(NCc2cc(Cl)cc([N+](=O)[O-])c2O)c1. The number of amides is 1. The van der Waals surface area contributed by atoms with Crippen molar-refractivity contribution in [2.75, 3.05) is 10.6 Å². The van der Waals surface area contributed by atoms with Gasteiger partial charge >= 0.3 is 5.69 Å². The smallest absolute Gasteiger partial charge is 0.312 e. The summed E-state index contributed by atoms with van der Waals surface area (Å²) >= 11 is 5.91. The second-order valence-electron chi connectivity index (χ2n) is 6.39. The fourth-order valence-electron chi connectivity index (χ4n) is 2.84. The van der Waals surface area contributed by atoms with Gasteiger partial charge in [-0.05, 0) is 42.8 Å². The summed E-state index contributed by atoms with van der Waals surface area (Å²) < 4.78 is 0. The van der Waals surface area contributed by atoms with Crippen LogP contribution in [0.5, 0.6) is 5.75 Å². The highest BCUT2D eigenvalue weighted by Gasteiger charge is 2.18. The van der Waals surface area contributed by atoms with Crippen LogP contribution in [-0.4, -0.2) is 15.9 Å². The van der Waals surface area contributed by atoms with Gasteiger partial charge < -0.3 is 15.7 Å². The summed E-state index contributed by atoms with van der Waals surface area (Å²) in [6, 6.07) is 16.9. The van der Waals surface area contributed by atoms with Gasteiger partial charge in [0.15, 0.2) is 5.75 Å². The number of halogens is 1. The number of rotatable bonds is 6. The molecule has 0 aliphatic carbocycles. The minimum atomic E-state index is -0.688. The molecule has 1 amide bonds. The van der Waals surface area contributed by atoms with Crippen molar-refractivity contribution >= 4 is 34.6 Å². The molecule has 148 valence electrons. The molecule has 0 saturated heterocycles. The third-order valence-corrected chi connectivity index (χ3v) is 4.54. The fourth-order valence-corrected chi connectivity index (χ4v) is 3.08. The zero-order valence-corrected chi connectivity index (χ0v) is 16.2. The van der Waals surface area contributed by atoms with E-state index in [1.54, 1.807) is 36.4 Å². The Kier molecular flexibility index (Phi) is 5.99. The number of nitro groups is 1. The van der Waals surface area contributed by atoms with Crippen molar-refractivity contribution in [1.29, 1.82) is 0 Å². The van der Waals surface area contributed by atoms with Crippen LogP contribution in [0.1, 0.15) is 21.5 Å². The van der Waals surface area contributed by atoms with Crippen LogP contribution in [0.25, 0.3) is 0 Å². The van der Waals surface area contributed by atoms with E-state index in [0.29, 0.717) is 22.5 Å². The lowest BCUT2D eigenvalue weighted by Crippen LogP contribution is -2.13. The molecule has 0 atom stereocenters. The lowest BCUT2D eigenvalue weighted by molar-refractivity contribution is -0.385. The van der Waals surface area contributed by atoms with Crippen LogP contribution in [0.2, 0.25) is 5.02 Å². The first-order valence-corrected chi connectivity index (χ1v) is 9.09. The highest BCUT2D eigenvalue weighted by atomic mass is 35.5. The van der Waals surface area contributed by atoms with Gasteiger partial charge in [0, 0.05) is 40.1 Å². The Morgan fingerprint density at radius 2 is 1.83 bits per heavy atom. The maximum atomic E-state index is 12.5. The molecule has 8 heteroatoms. The maximum Gasteiger partial charge on any atom is 0.312 e. The van der Waals surface area contributed by atoms with E-state index < -0.39 is 16.4 Å². The van der Waals surface area contributed by atoms with E-state index in [1.807, 2.05) is 19.1 Å². The molecule has 0 aromatic heterocycles. The molecule has 0 unspecified atom stereocenters. The standard InChI is InChI=1S/C21H18ClN3O4/c1-13-5-2-3-8-18(13)21(27)24-17-7-4-6-16(11-17)23-12-14-9-15(22)10-19(20(14)26)25(28)29/h2-11,23,26H,12H2,1H3,(H,24,27). The maximum absolute atomic E-state index is 12.5. The number of aromatic hydroxyl groups is 1. The minimum Gasteiger partial charge on any atom is -0.502 e. The number of nitro benzene ring substituents is 1. The Morgan fingerprint density at radius 3 is 2.55 bits per heavy atom. The summed E-state index contributed by atoms with van der Waals surface area (Å²) in [7, 11) is 0. The molecule has 29 heavy (non-hydrogen) atoms. The van der Waals surface area contributed by atoms with Crippen LogP contribution in [0, 0.1) is 17.0 Å². The van der Waals surface area contributed by atoms with Gasteiger partial charge in [-0.15, -0.1) is 0 Å². The van der Waals surface area contributed by atoms with E-state index in [-0.39, 0.29) is 17.5 Å². The summed E-state index contributed by atoms with van der Waals surface area (Å²) in [6.45, 7) is 1.98. The van der Waals surface area contributed by atoms with Crippen molar-refractivity contribution in [3.8, 4) is 5.75 Å². The number of phenolic OH excluding ortho intramolecular Hbond substituents is 1. The molecule has 0 fully saturated rings. The Labute approximate surface area is 172 Å². The Balaban J connectivity index is 1.73. The van der Waals surface area contributed by atoms with Gasteiger partial charge in [-0.2, -0.15) is 0 Å². The Hall–Kier alpha value is -3.58. The lowest BCUT2D eigenvalue weighted by Gasteiger charge is -2.12. The number of hydrogen-bond acceptors (Lipinski definition) is 5. The van der Waals surface area contributed by atoms with Crippen LogP contribution in [0.3, 0.4) is 0 Å². The van der Waals surface area contributed by atoms with Gasteiger partial charge in [0.2, 0.25) is 0 Å². The summed E-state index contributed by atoms with van der Waals surface area (Å²) in [5.41, 5.74) is 2.55. The number of carbonyl (C=O) groups is 1. The van der Waals surface area contributed by atoms with Crippen molar-refractivity contribution in [1.82, 2.24) is 0 Å². The second kappa shape index (κ2) is 8.62. The number of hydrogen-bond donors (Lipinski definition) is 3. The highest BCUT2D eigenvalue weighted by molar-refractivity contribution is 6.31. The van der Waals surface area contributed by atoms with Gasteiger partial charge in [-0.1, -0.05) is 35.9 Å². The van der Waals surface area contributed by atoms with Gasteiger partial charge in [0.25, 0.3) is 5.91 Å². The van der Waals surface area contributed by atoms with Gasteiger partial charge in [-0.3, -0.25) is 14.9 Å². The zero-order valence-electron chi connectivity index (χ0n) is 15.5. The minimum absolute atomic E-state index is 0.114. The predicted octanol–water partition coefficient (Wildman–Crippen LogP) is 5.13. The van der Waals surface area contributed by atoms with Gasteiger partial charge in [0.05, 0.1) is 4.92 Å². The molecule has 3 aromatic rings. The number of phenols is 1. The molecule has 0 aliphatic heterocycles. The van der Waals surface area contributed by atoms with Crippen LogP contribution < -0.4 is 10.6 Å². The predicted molar refractivity (Wildman–Crippen MR) is 113 cm³/mol. The van der Waals surface area contributed by atoms with Crippen LogP contribution in [-0.2, 0) is 6.54 Å². The van der Waals surface area contributed by atoms with Crippen molar-refractivity contribution in [3.63, 3.8) is 0 Å². The Morgan fingerprint density at radius 1 is 1.10 bits per heavy atom. The number of nitrogens with one attached hydrogen (secondary N) is 2. The monoisotopic (exact) mass is 411 g/mol. The van der Waals surface area contributed by atoms with E-state index in [1.165, 1.54) is 6.07 Å². The average molecular weight is 412 g/mol. The second-order valence-corrected chi connectivity index (χ2v) is 6.83. The molecule has 7 nitrogen and oxygen atoms in total. The molecule has 0 aliphatic rings. The number of nitrogens with zero attached hydrogens (tertiary/aromatic N) is 1. The largest absolute Gasteiger partial charge is 0.502 e. The molecular weight excluding hydrogens is 394 g/mol. The lowest BCUT2D eigenvalue weighted by atomic mass is 10.1. The first kappa shape index (κ1) is 20.2. The number of anilines is 2. The van der Waals surface area contributed by atoms with Crippen molar-refractivity contribution in [2.45, 2.75) is 13.5 Å². The van der Waals surface area contributed by atoms with E-state index in [4.69, 9.17) is 11.6 Å². The van der Waals surface area contributed by atoms with Crippen molar-refractivity contribution in [3.05, 3.63) is 92.5 Å². The molecule has 0 spiro atoms. The van der Waals surface area contributed by atoms with E-state index in [0.717, 1.165) is 11.6 Å². The topological polar surface area (TPSA) is 104 Å². The summed E-state index contributed by atoms with van der Waals surface area (Å²) in [6.07, 6.45) is 0. The molecule has 3 aromatic carbocycles. The average Bonchev–Trinajstić information content (AvgIpc) is 2.68. The summed E-state index contributed by atoms with van der Waals surface area (Å²) in [4.78, 5) is 22.8. The zero-order chi connectivity index (χ0) is 21.0. The number of aryl methyl sites for hydroxylation is 1. The number of benzene rings is 3. The fraction of sp³-hybridized carbons (Fsp3) is 0.0952. The third kappa shape index (κ3) is 4.83. The van der Waals surface area contributed by atoms with E-state index in [9.17, 15) is 20.0 Å². The van der Waals surface area contributed by atoms with Crippen molar-refractivity contribution in [2.24, 2.45) is 0 Å². The van der Waals surface area contributed by atoms with Crippen LogP contribution >= 0.6 is 11.6 Å². The quantitative estimate of drug-likeness (QED) is 0.385. The third-order valence-electron chi connectivity index (χ3n) is 4.32. The molecule has 0 saturated carbocycles. The molecule has 0 heterocycles. The molecule has 3 rings (SSSR count). The molecular formula is C21H18ClN3O4. The molecule has 3 N–H and O–H groups in total. The van der Waals surface area contributed by atoms with E-state index >= 15 is 0 Å². The number of carbonyl (C=O) groups excluding carboxylic acids is 1. The molecule has 0 radical (unpaired) electrons. The Bertz CT molecular complexity index is 1090. The molecule has 0 bridgehead atoms. The van der Waals surface area contributed by atoms with Gasteiger partial charge in [-0.25, -0.2) is 0 Å². The van der Waals surface area contributed by atoms with E-state index in [2.05, 4.69) is 10.6 Å². The summed E-state index contributed by atoms with van der Waals surface area (Å²) in [5, 5.41) is 27.2. The first-order valence-electron chi connectivity index (χ1n) is 8.72. The van der Waals surface area contributed by atoms with Gasteiger partial charge in [0.1, 0.15) is 0 Å². The van der Waals surface area contributed by atoms with Crippen LogP contribution in [0.15, 0.2) is 60.7 Å². The highest BCUT2D eigenvalue weighted by Crippen LogP contribution is 2.33. The van der Waals surface area contributed by atoms with Crippen molar-refractivity contribution < 1.29 is 14.8 Å². The summed E-state index contributed by atoms with van der Waals surface area (Å²) in [5.74, 6) is -0.653.